The number of amides is 2. The van der Waals surface area contributed by atoms with Crippen molar-refractivity contribution in [3.05, 3.63) is 71.8 Å². The summed E-state index contributed by atoms with van der Waals surface area (Å²) in [6.07, 6.45) is 1.64. The molecular weight excluding hydrogens is 438 g/mol. The molecule has 1 heterocycles. The highest BCUT2D eigenvalue weighted by Gasteiger charge is 2.35. The third-order valence-electron chi connectivity index (χ3n) is 4.37. The van der Waals surface area contributed by atoms with E-state index in [4.69, 9.17) is 11.6 Å². The molecule has 1 aliphatic rings. The van der Waals surface area contributed by atoms with Gasteiger partial charge in [-0.15, -0.1) is 6.58 Å². The molecule has 0 radical (unpaired) electrons. The Bertz CT molecular complexity index is 1020. The van der Waals surface area contributed by atoms with Crippen LogP contribution in [0.3, 0.4) is 0 Å². The van der Waals surface area contributed by atoms with Crippen molar-refractivity contribution in [2.45, 2.75) is 11.7 Å². The zero-order chi connectivity index (χ0) is 22.4. The number of aliphatic imine (C=N–C) groups is 1. The van der Waals surface area contributed by atoms with Crippen LogP contribution in [0.15, 0.2) is 66.2 Å². The Kier molecular flexibility index (Phi) is 7.49. The van der Waals surface area contributed by atoms with E-state index in [0.29, 0.717) is 33.7 Å². The van der Waals surface area contributed by atoms with Crippen molar-refractivity contribution in [3.8, 4) is 0 Å². The van der Waals surface area contributed by atoms with Gasteiger partial charge in [-0.05, 0) is 48.5 Å². The lowest BCUT2D eigenvalue weighted by Crippen LogP contribution is -2.45. The van der Waals surface area contributed by atoms with Gasteiger partial charge in [0.15, 0.2) is 5.17 Å². The molecule has 0 spiro atoms. The van der Waals surface area contributed by atoms with Crippen LogP contribution in [0.1, 0.15) is 16.8 Å². The number of halogens is 1. The van der Waals surface area contributed by atoms with Crippen LogP contribution in [0.2, 0.25) is 5.02 Å². The lowest BCUT2D eigenvalue weighted by Gasteiger charge is -2.31. The van der Waals surface area contributed by atoms with E-state index in [1.54, 1.807) is 54.6 Å². The van der Waals surface area contributed by atoms with Crippen LogP contribution < -0.4 is 5.32 Å². The maximum absolute atomic E-state index is 12.8. The molecule has 0 bridgehead atoms. The predicted molar refractivity (Wildman–Crippen MR) is 123 cm³/mol. The third-order valence-corrected chi connectivity index (χ3v) is 5.81. The lowest BCUT2D eigenvalue weighted by molar-refractivity contribution is -0.129. The summed E-state index contributed by atoms with van der Waals surface area (Å²) < 4.78 is 4.66. The number of esters is 1. The van der Waals surface area contributed by atoms with E-state index in [1.165, 1.54) is 23.8 Å². The molecule has 0 unspecified atom stereocenters. The van der Waals surface area contributed by atoms with Gasteiger partial charge < -0.3 is 10.1 Å². The first-order valence-corrected chi connectivity index (χ1v) is 10.6. The van der Waals surface area contributed by atoms with Gasteiger partial charge in [-0.25, -0.2) is 9.79 Å². The monoisotopic (exact) mass is 457 g/mol. The van der Waals surface area contributed by atoms with Crippen molar-refractivity contribution in [2.24, 2.45) is 4.99 Å². The fraction of sp³-hybridized carbons (Fsp3) is 0.182. The second-order valence-corrected chi connectivity index (χ2v) is 8.14. The molecule has 3 rings (SSSR count). The van der Waals surface area contributed by atoms with Crippen molar-refractivity contribution in [3.63, 3.8) is 0 Å². The molecule has 1 fully saturated rings. The molecular formula is C22H20ClN3O4S. The fourth-order valence-electron chi connectivity index (χ4n) is 2.81. The van der Waals surface area contributed by atoms with Gasteiger partial charge in [-0.1, -0.05) is 29.4 Å². The van der Waals surface area contributed by atoms with Gasteiger partial charge in [0, 0.05) is 23.7 Å². The first-order chi connectivity index (χ1) is 14.9. The predicted octanol–water partition coefficient (Wildman–Crippen LogP) is 4.27. The summed E-state index contributed by atoms with van der Waals surface area (Å²) in [6, 6.07) is 13.2. The summed E-state index contributed by atoms with van der Waals surface area (Å²) in [4.78, 5) is 43.1. The maximum Gasteiger partial charge on any atom is 0.337 e. The molecule has 7 nitrogen and oxygen atoms in total. The number of hydrogen-bond donors (Lipinski definition) is 1. The van der Waals surface area contributed by atoms with Gasteiger partial charge in [-0.3, -0.25) is 14.5 Å². The molecule has 1 saturated heterocycles. The average Bonchev–Trinajstić information content (AvgIpc) is 2.77. The Balaban J connectivity index is 1.77. The van der Waals surface area contributed by atoms with Gasteiger partial charge in [-0.2, -0.15) is 0 Å². The van der Waals surface area contributed by atoms with Crippen LogP contribution in [-0.2, 0) is 14.3 Å². The van der Waals surface area contributed by atoms with E-state index in [2.05, 4.69) is 21.6 Å². The maximum atomic E-state index is 12.8. The van der Waals surface area contributed by atoms with Gasteiger partial charge in [0.1, 0.15) is 5.25 Å². The number of hydrogen-bond acceptors (Lipinski definition) is 6. The highest BCUT2D eigenvalue weighted by molar-refractivity contribution is 8.15. The molecule has 0 saturated carbocycles. The summed E-state index contributed by atoms with van der Waals surface area (Å²) >= 11 is 7.13. The van der Waals surface area contributed by atoms with Gasteiger partial charge in [0.05, 0.1) is 18.4 Å². The topological polar surface area (TPSA) is 88.1 Å². The minimum absolute atomic E-state index is 0.0320. The molecule has 1 atom stereocenters. The van der Waals surface area contributed by atoms with E-state index in [1.807, 2.05) is 0 Å². The van der Waals surface area contributed by atoms with Crippen molar-refractivity contribution >= 4 is 57.7 Å². The number of nitrogens with one attached hydrogen (secondary N) is 1. The molecule has 2 aromatic rings. The van der Waals surface area contributed by atoms with Gasteiger partial charge in [0.2, 0.25) is 11.8 Å². The molecule has 160 valence electrons. The van der Waals surface area contributed by atoms with Crippen molar-refractivity contribution < 1.29 is 19.1 Å². The van der Waals surface area contributed by atoms with E-state index in [0.717, 1.165) is 0 Å². The molecule has 1 aliphatic heterocycles. The largest absolute Gasteiger partial charge is 0.465 e. The number of carbonyl (C=O) groups excluding carboxylic acids is 3. The Labute approximate surface area is 189 Å². The Morgan fingerprint density at radius 2 is 1.94 bits per heavy atom. The van der Waals surface area contributed by atoms with Crippen LogP contribution in [0.25, 0.3) is 0 Å². The first kappa shape index (κ1) is 22.6. The summed E-state index contributed by atoms with van der Waals surface area (Å²) in [5.74, 6) is -1.00. The van der Waals surface area contributed by atoms with Crippen LogP contribution >= 0.6 is 23.4 Å². The quantitative estimate of drug-likeness (QED) is 0.517. The molecule has 0 aromatic heterocycles. The van der Waals surface area contributed by atoms with Gasteiger partial charge >= 0.3 is 5.97 Å². The van der Waals surface area contributed by atoms with Crippen molar-refractivity contribution in [1.29, 1.82) is 0 Å². The van der Waals surface area contributed by atoms with Crippen LogP contribution in [0, 0.1) is 0 Å². The second kappa shape index (κ2) is 10.3. The Morgan fingerprint density at radius 3 is 2.55 bits per heavy atom. The van der Waals surface area contributed by atoms with E-state index in [-0.39, 0.29) is 18.2 Å². The SMILES string of the molecule is C=CCN1C(=O)C[C@@H](C(=O)Nc2ccc(C(=O)OC)cc2)SC1=Nc1ccc(Cl)cc1. The number of rotatable bonds is 6. The zero-order valence-electron chi connectivity index (χ0n) is 16.7. The van der Waals surface area contributed by atoms with Crippen LogP contribution in [0.5, 0.6) is 0 Å². The van der Waals surface area contributed by atoms with Crippen molar-refractivity contribution in [2.75, 3.05) is 19.0 Å². The summed E-state index contributed by atoms with van der Waals surface area (Å²) in [5.41, 5.74) is 1.50. The van der Waals surface area contributed by atoms with Crippen LogP contribution in [-0.4, -0.2) is 46.8 Å². The standard InChI is InChI=1S/C22H20ClN3O4S/c1-3-12-26-19(27)13-18(31-22(26)25-17-10-6-15(23)7-11-17)20(28)24-16-8-4-14(5-9-16)21(29)30-2/h3-11,18H,1,12-13H2,2H3,(H,24,28)/t18-/m0/s1. The summed E-state index contributed by atoms with van der Waals surface area (Å²) in [6.45, 7) is 3.98. The third kappa shape index (κ3) is 5.74. The smallest absolute Gasteiger partial charge is 0.337 e. The Hall–Kier alpha value is -3.10. The number of amidine groups is 1. The fourth-order valence-corrected chi connectivity index (χ4v) is 4.04. The van der Waals surface area contributed by atoms with E-state index >= 15 is 0 Å². The second-order valence-electron chi connectivity index (χ2n) is 6.53. The van der Waals surface area contributed by atoms with E-state index in [9.17, 15) is 14.4 Å². The minimum Gasteiger partial charge on any atom is -0.465 e. The number of benzene rings is 2. The zero-order valence-corrected chi connectivity index (χ0v) is 18.3. The molecule has 1 N–H and O–H groups in total. The highest BCUT2D eigenvalue weighted by atomic mass is 35.5. The van der Waals surface area contributed by atoms with E-state index < -0.39 is 11.2 Å². The number of thioether (sulfide) groups is 1. The average molecular weight is 458 g/mol. The molecule has 2 aromatic carbocycles. The first-order valence-electron chi connectivity index (χ1n) is 9.32. The summed E-state index contributed by atoms with van der Waals surface area (Å²) in [5, 5.41) is 3.12. The lowest BCUT2D eigenvalue weighted by atomic mass is 10.2. The molecule has 2 amide bonds. The number of methoxy groups -OCH3 is 1. The minimum atomic E-state index is -0.653. The number of nitrogens with zero attached hydrogens (tertiary/aromatic N) is 2. The van der Waals surface area contributed by atoms with Crippen LogP contribution in [0.4, 0.5) is 11.4 Å². The number of ether oxygens (including phenoxy) is 1. The summed E-state index contributed by atoms with van der Waals surface area (Å²) in [7, 11) is 1.30. The molecule has 9 heteroatoms. The number of carbonyl (C=O) groups is 3. The highest BCUT2D eigenvalue weighted by Crippen LogP contribution is 2.30. The molecule has 31 heavy (non-hydrogen) atoms. The normalized spacial score (nSPS) is 17.4. The Morgan fingerprint density at radius 1 is 1.26 bits per heavy atom. The number of anilines is 1. The van der Waals surface area contributed by atoms with Gasteiger partial charge in [0.25, 0.3) is 0 Å². The molecule has 0 aliphatic carbocycles. The van der Waals surface area contributed by atoms with Crippen molar-refractivity contribution in [1.82, 2.24) is 4.90 Å².